The zero-order valence-corrected chi connectivity index (χ0v) is 12.5. The van der Waals surface area contributed by atoms with Gasteiger partial charge in [0.1, 0.15) is 0 Å². The standard InChI is InChI=1S/C14H24O.C2H6/c1-10-5-6-11(13(10,2)3)7-12-8-14(12,4)9-15;1-2/h5,11-12,15H,6-9H2,1-4H3;1-2H3. The highest BCUT2D eigenvalue weighted by molar-refractivity contribution is 5.19. The lowest BCUT2D eigenvalue weighted by molar-refractivity contribution is 0.192. The minimum absolute atomic E-state index is 0.257. The van der Waals surface area contributed by atoms with E-state index >= 15 is 0 Å². The van der Waals surface area contributed by atoms with Crippen molar-refractivity contribution >= 4 is 0 Å². The van der Waals surface area contributed by atoms with Crippen LogP contribution in [0.25, 0.3) is 0 Å². The van der Waals surface area contributed by atoms with E-state index in [2.05, 4.69) is 33.8 Å². The normalized spacial score (nSPS) is 38.2. The van der Waals surface area contributed by atoms with Crippen LogP contribution in [0.4, 0.5) is 0 Å². The van der Waals surface area contributed by atoms with Gasteiger partial charge in [-0.25, -0.2) is 0 Å². The molecule has 0 radical (unpaired) electrons. The third-order valence-electron chi connectivity index (χ3n) is 5.21. The summed E-state index contributed by atoms with van der Waals surface area (Å²) in [5.41, 5.74) is 2.20. The fraction of sp³-hybridized carbons (Fsp3) is 0.875. The average molecular weight is 238 g/mol. The zero-order valence-electron chi connectivity index (χ0n) is 12.5. The molecule has 1 heteroatoms. The summed E-state index contributed by atoms with van der Waals surface area (Å²) < 4.78 is 0. The molecule has 1 nitrogen and oxygen atoms in total. The Kier molecular flexibility index (Phi) is 4.46. The van der Waals surface area contributed by atoms with Gasteiger partial charge in [-0.3, -0.25) is 0 Å². The molecule has 2 aliphatic carbocycles. The maximum absolute atomic E-state index is 9.28. The van der Waals surface area contributed by atoms with Crippen LogP contribution in [0.5, 0.6) is 0 Å². The van der Waals surface area contributed by atoms with Crippen LogP contribution in [0.1, 0.15) is 60.8 Å². The summed E-state index contributed by atoms with van der Waals surface area (Å²) in [7, 11) is 0. The first kappa shape index (κ1) is 14.8. The fourth-order valence-corrected chi connectivity index (χ4v) is 3.00. The number of aliphatic hydroxyl groups excluding tert-OH is 1. The monoisotopic (exact) mass is 238 g/mol. The molecule has 0 spiro atoms. The zero-order chi connectivity index (χ0) is 13.3. The van der Waals surface area contributed by atoms with E-state index in [1.54, 1.807) is 5.57 Å². The summed E-state index contributed by atoms with van der Waals surface area (Å²) in [5.74, 6) is 1.57. The Bertz CT molecular complexity index is 290. The van der Waals surface area contributed by atoms with Gasteiger partial charge in [-0.1, -0.05) is 46.3 Å². The highest BCUT2D eigenvalue weighted by Crippen LogP contribution is 2.58. The Hall–Kier alpha value is -0.300. The molecule has 100 valence electrons. The molecule has 0 bridgehead atoms. The molecule has 3 unspecified atom stereocenters. The Morgan fingerprint density at radius 2 is 1.82 bits per heavy atom. The average Bonchev–Trinajstić information content (AvgIpc) is 2.90. The first-order valence-electron chi connectivity index (χ1n) is 7.18. The smallest absolute Gasteiger partial charge is 0.0487 e. The maximum Gasteiger partial charge on any atom is 0.0487 e. The van der Waals surface area contributed by atoms with Crippen LogP contribution < -0.4 is 0 Å². The summed E-state index contributed by atoms with van der Waals surface area (Å²) in [5, 5.41) is 9.28. The molecule has 17 heavy (non-hydrogen) atoms. The van der Waals surface area contributed by atoms with Gasteiger partial charge in [0.25, 0.3) is 0 Å². The Balaban J connectivity index is 0.000000686. The van der Waals surface area contributed by atoms with Crippen molar-refractivity contribution in [1.29, 1.82) is 0 Å². The summed E-state index contributed by atoms with van der Waals surface area (Å²) in [6.07, 6.45) is 6.19. The summed E-state index contributed by atoms with van der Waals surface area (Å²) >= 11 is 0. The summed E-state index contributed by atoms with van der Waals surface area (Å²) in [6.45, 7) is 13.6. The van der Waals surface area contributed by atoms with Gasteiger partial charge in [-0.15, -0.1) is 0 Å². The molecule has 1 fully saturated rings. The number of aliphatic hydroxyl groups is 1. The van der Waals surface area contributed by atoms with Crippen LogP contribution in [-0.2, 0) is 0 Å². The van der Waals surface area contributed by atoms with Gasteiger partial charge in [0.2, 0.25) is 0 Å². The Morgan fingerprint density at radius 3 is 2.18 bits per heavy atom. The van der Waals surface area contributed by atoms with E-state index in [0.717, 1.165) is 11.8 Å². The van der Waals surface area contributed by atoms with Gasteiger partial charge >= 0.3 is 0 Å². The van der Waals surface area contributed by atoms with Crippen LogP contribution in [0, 0.1) is 22.7 Å². The molecule has 2 rings (SSSR count). The van der Waals surface area contributed by atoms with Crippen LogP contribution >= 0.6 is 0 Å². The molecule has 0 saturated heterocycles. The summed E-state index contributed by atoms with van der Waals surface area (Å²) in [4.78, 5) is 0. The quantitative estimate of drug-likeness (QED) is 0.722. The largest absolute Gasteiger partial charge is 0.396 e. The number of hydrogen-bond donors (Lipinski definition) is 1. The molecular weight excluding hydrogens is 208 g/mol. The molecular formula is C16H30O. The van der Waals surface area contributed by atoms with Crippen molar-refractivity contribution < 1.29 is 5.11 Å². The van der Waals surface area contributed by atoms with Crippen LogP contribution in [0.3, 0.4) is 0 Å². The van der Waals surface area contributed by atoms with Crippen molar-refractivity contribution in [3.63, 3.8) is 0 Å². The topological polar surface area (TPSA) is 20.2 Å². The van der Waals surface area contributed by atoms with Crippen molar-refractivity contribution in [2.75, 3.05) is 6.61 Å². The van der Waals surface area contributed by atoms with Gasteiger partial charge in [-0.2, -0.15) is 0 Å². The minimum atomic E-state index is 0.257. The predicted octanol–water partition coefficient (Wildman–Crippen LogP) is 4.41. The molecule has 0 aromatic carbocycles. The maximum atomic E-state index is 9.28. The molecule has 0 aliphatic heterocycles. The van der Waals surface area contributed by atoms with Gasteiger partial charge in [0.15, 0.2) is 0 Å². The number of hydrogen-bond acceptors (Lipinski definition) is 1. The van der Waals surface area contributed by atoms with Crippen molar-refractivity contribution in [3.05, 3.63) is 11.6 Å². The van der Waals surface area contributed by atoms with E-state index < -0.39 is 0 Å². The van der Waals surface area contributed by atoms with Crippen molar-refractivity contribution in [1.82, 2.24) is 0 Å². The van der Waals surface area contributed by atoms with Gasteiger partial charge in [0.05, 0.1) is 0 Å². The van der Waals surface area contributed by atoms with Crippen LogP contribution in [-0.4, -0.2) is 11.7 Å². The number of rotatable bonds is 3. The van der Waals surface area contributed by atoms with Crippen LogP contribution in [0.2, 0.25) is 0 Å². The van der Waals surface area contributed by atoms with E-state index in [-0.39, 0.29) is 5.41 Å². The second kappa shape index (κ2) is 5.14. The molecule has 0 aromatic heterocycles. The van der Waals surface area contributed by atoms with E-state index in [9.17, 15) is 5.11 Å². The van der Waals surface area contributed by atoms with Crippen molar-refractivity contribution in [2.45, 2.75) is 60.8 Å². The van der Waals surface area contributed by atoms with Crippen molar-refractivity contribution in [3.8, 4) is 0 Å². The highest BCUT2D eigenvalue weighted by atomic mass is 16.3. The molecule has 1 saturated carbocycles. The van der Waals surface area contributed by atoms with Gasteiger partial charge in [-0.05, 0) is 48.9 Å². The SMILES string of the molecule is CC.CC1=CCC(CC2CC2(C)CO)C1(C)C. The lowest BCUT2D eigenvalue weighted by Crippen LogP contribution is -2.22. The Morgan fingerprint density at radius 1 is 1.24 bits per heavy atom. The van der Waals surface area contributed by atoms with Gasteiger partial charge < -0.3 is 5.11 Å². The van der Waals surface area contributed by atoms with E-state index in [1.807, 2.05) is 13.8 Å². The van der Waals surface area contributed by atoms with E-state index in [4.69, 9.17) is 0 Å². The molecule has 0 heterocycles. The molecule has 3 atom stereocenters. The third-order valence-corrected chi connectivity index (χ3v) is 5.21. The van der Waals surface area contributed by atoms with E-state index in [0.29, 0.717) is 12.0 Å². The predicted molar refractivity (Wildman–Crippen MR) is 74.9 cm³/mol. The molecule has 1 N–H and O–H groups in total. The van der Waals surface area contributed by atoms with Crippen molar-refractivity contribution in [2.24, 2.45) is 22.7 Å². The fourth-order valence-electron chi connectivity index (χ4n) is 3.00. The van der Waals surface area contributed by atoms with E-state index in [1.165, 1.54) is 19.3 Å². The first-order chi connectivity index (χ1) is 7.90. The second-order valence-corrected chi connectivity index (χ2v) is 6.49. The minimum Gasteiger partial charge on any atom is -0.396 e. The second-order valence-electron chi connectivity index (χ2n) is 6.49. The lowest BCUT2D eigenvalue weighted by atomic mass is 9.75. The molecule has 0 aromatic rings. The highest BCUT2D eigenvalue weighted by Gasteiger charge is 2.51. The summed E-state index contributed by atoms with van der Waals surface area (Å²) in [6, 6.07) is 0. The Labute approximate surface area is 107 Å². The van der Waals surface area contributed by atoms with Gasteiger partial charge in [0, 0.05) is 6.61 Å². The molecule has 2 aliphatic rings. The first-order valence-corrected chi connectivity index (χ1v) is 7.18. The third kappa shape index (κ3) is 2.76. The molecule has 0 amide bonds. The van der Waals surface area contributed by atoms with Crippen LogP contribution in [0.15, 0.2) is 11.6 Å². The number of allylic oxidation sites excluding steroid dienone is 2. The lowest BCUT2D eigenvalue weighted by Gasteiger charge is -2.30.